The molecule has 0 aliphatic heterocycles. The molecule has 0 spiro atoms. The first-order chi connectivity index (χ1) is 9.31. The summed E-state index contributed by atoms with van der Waals surface area (Å²) in [6.07, 6.45) is 0.732. The first kappa shape index (κ1) is 16.3. The summed E-state index contributed by atoms with van der Waals surface area (Å²) in [6, 6.07) is 3.91. The molecule has 20 heavy (non-hydrogen) atoms. The number of nitrogens with one attached hydrogen (secondary N) is 1. The van der Waals surface area contributed by atoms with Gasteiger partial charge in [0, 0.05) is 17.5 Å². The SMILES string of the molecule is COc1ccc(CCNC(=O)C(C)(C)C)c(OC)c1C. The summed E-state index contributed by atoms with van der Waals surface area (Å²) >= 11 is 0. The number of hydrogen-bond acceptors (Lipinski definition) is 3. The van der Waals surface area contributed by atoms with Gasteiger partial charge in [-0.25, -0.2) is 0 Å². The summed E-state index contributed by atoms with van der Waals surface area (Å²) in [7, 11) is 3.30. The van der Waals surface area contributed by atoms with Crippen molar-refractivity contribution in [2.24, 2.45) is 5.41 Å². The second-order valence-corrected chi connectivity index (χ2v) is 5.84. The third-order valence-corrected chi connectivity index (χ3v) is 3.22. The van der Waals surface area contributed by atoms with Crippen LogP contribution in [-0.4, -0.2) is 26.7 Å². The van der Waals surface area contributed by atoms with E-state index in [9.17, 15) is 4.79 Å². The zero-order valence-electron chi connectivity index (χ0n) is 13.3. The van der Waals surface area contributed by atoms with Crippen LogP contribution in [-0.2, 0) is 11.2 Å². The van der Waals surface area contributed by atoms with Crippen LogP contribution in [0.25, 0.3) is 0 Å². The molecule has 1 aromatic rings. The van der Waals surface area contributed by atoms with E-state index in [0.29, 0.717) is 6.54 Å². The summed E-state index contributed by atoms with van der Waals surface area (Å²) in [5, 5.41) is 2.94. The zero-order valence-corrected chi connectivity index (χ0v) is 13.3. The van der Waals surface area contributed by atoms with Crippen molar-refractivity contribution in [3.63, 3.8) is 0 Å². The second-order valence-electron chi connectivity index (χ2n) is 5.84. The van der Waals surface area contributed by atoms with Crippen LogP contribution in [0.3, 0.4) is 0 Å². The molecule has 4 heteroatoms. The van der Waals surface area contributed by atoms with Crippen LogP contribution in [0.15, 0.2) is 12.1 Å². The minimum atomic E-state index is -0.361. The fraction of sp³-hybridized carbons (Fsp3) is 0.562. The first-order valence-electron chi connectivity index (χ1n) is 6.80. The standard InChI is InChI=1S/C16H25NO3/c1-11-13(19-5)8-7-12(14(11)20-6)9-10-17-15(18)16(2,3)4/h7-8H,9-10H2,1-6H3,(H,17,18). The predicted octanol–water partition coefficient (Wildman–Crippen LogP) is 2.72. The molecule has 0 atom stereocenters. The number of carbonyl (C=O) groups excluding carboxylic acids is 1. The Morgan fingerprint density at radius 2 is 1.85 bits per heavy atom. The number of benzene rings is 1. The molecule has 0 aliphatic carbocycles. The zero-order chi connectivity index (χ0) is 15.3. The highest BCUT2D eigenvalue weighted by Gasteiger charge is 2.20. The Morgan fingerprint density at radius 1 is 1.20 bits per heavy atom. The number of methoxy groups -OCH3 is 2. The molecule has 0 radical (unpaired) electrons. The Hall–Kier alpha value is -1.71. The summed E-state index contributed by atoms with van der Waals surface area (Å²) in [4.78, 5) is 11.8. The molecule has 0 aliphatic rings. The van der Waals surface area contributed by atoms with Crippen LogP contribution in [0.1, 0.15) is 31.9 Å². The molecule has 0 bridgehead atoms. The van der Waals surface area contributed by atoms with Crippen molar-refractivity contribution in [2.45, 2.75) is 34.1 Å². The number of amides is 1. The minimum absolute atomic E-state index is 0.0571. The van der Waals surface area contributed by atoms with E-state index < -0.39 is 0 Å². The Balaban J connectivity index is 2.74. The van der Waals surface area contributed by atoms with Crippen molar-refractivity contribution in [3.8, 4) is 11.5 Å². The van der Waals surface area contributed by atoms with Gasteiger partial charge in [0.2, 0.25) is 5.91 Å². The Labute approximate surface area is 121 Å². The van der Waals surface area contributed by atoms with E-state index in [4.69, 9.17) is 9.47 Å². The normalized spacial score (nSPS) is 11.1. The lowest BCUT2D eigenvalue weighted by molar-refractivity contribution is -0.128. The van der Waals surface area contributed by atoms with Gasteiger partial charge in [0.25, 0.3) is 0 Å². The van der Waals surface area contributed by atoms with Crippen molar-refractivity contribution < 1.29 is 14.3 Å². The van der Waals surface area contributed by atoms with Gasteiger partial charge in [-0.3, -0.25) is 4.79 Å². The second kappa shape index (κ2) is 6.64. The molecule has 0 fully saturated rings. The Morgan fingerprint density at radius 3 is 2.35 bits per heavy atom. The van der Waals surface area contributed by atoms with Crippen LogP contribution >= 0.6 is 0 Å². The largest absolute Gasteiger partial charge is 0.496 e. The maximum Gasteiger partial charge on any atom is 0.225 e. The van der Waals surface area contributed by atoms with Gasteiger partial charge in [0.15, 0.2) is 0 Å². The fourth-order valence-electron chi connectivity index (χ4n) is 2.01. The van der Waals surface area contributed by atoms with E-state index in [1.54, 1.807) is 14.2 Å². The van der Waals surface area contributed by atoms with Crippen LogP contribution < -0.4 is 14.8 Å². The van der Waals surface area contributed by atoms with Crippen LogP contribution in [0.4, 0.5) is 0 Å². The van der Waals surface area contributed by atoms with Crippen molar-refractivity contribution in [1.82, 2.24) is 5.32 Å². The molecular weight excluding hydrogens is 254 g/mol. The fourth-order valence-corrected chi connectivity index (χ4v) is 2.01. The van der Waals surface area contributed by atoms with Crippen LogP contribution in [0, 0.1) is 12.3 Å². The van der Waals surface area contributed by atoms with Gasteiger partial charge < -0.3 is 14.8 Å². The highest BCUT2D eigenvalue weighted by atomic mass is 16.5. The molecular formula is C16H25NO3. The van der Waals surface area contributed by atoms with Crippen LogP contribution in [0.2, 0.25) is 0 Å². The summed E-state index contributed by atoms with van der Waals surface area (Å²) < 4.78 is 10.7. The maximum absolute atomic E-state index is 11.8. The van der Waals surface area contributed by atoms with Crippen molar-refractivity contribution in [3.05, 3.63) is 23.3 Å². The van der Waals surface area contributed by atoms with E-state index in [2.05, 4.69) is 5.32 Å². The quantitative estimate of drug-likeness (QED) is 0.901. The molecule has 1 rings (SSSR count). The van der Waals surface area contributed by atoms with Crippen molar-refractivity contribution in [2.75, 3.05) is 20.8 Å². The van der Waals surface area contributed by atoms with Gasteiger partial charge in [-0.05, 0) is 25.0 Å². The molecule has 1 N–H and O–H groups in total. The monoisotopic (exact) mass is 279 g/mol. The third kappa shape index (κ3) is 3.89. The van der Waals surface area contributed by atoms with E-state index in [0.717, 1.165) is 29.0 Å². The lowest BCUT2D eigenvalue weighted by Gasteiger charge is -2.18. The molecule has 1 aromatic carbocycles. The Bertz CT molecular complexity index is 475. The molecule has 4 nitrogen and oxygen atoms in total. The third-order valence-electron chi connectivity index (χ3n) is 3.22. The highest BCUT2D eigenvalue weighted by molar-refractivity contribution is 5.81. The molecule has 0 aromatic heterocycles. The molecule has 0 unspecified atom stereocenters. The predicted molar refractivity (Wildman–Crippen MR) is 80.5 cm³/mol. The van der Waals surface area contributed by atoms with Gasteiger partial charge >= 0.3 is 0 Å². The summed E-state index contributed by atoms with van der Waals surface area (Å²) in [5.74, 6) is 1.69. The average Bonchev–Trinajstić information content (AvgIpc) is 2.38. The van der Waals surface area contributed by atoms with E-state index in [1.165, 1.54) is 0 Å². The first-order valence-corrected chi connectivity index (χ1v) is 6.80. The van der Waals surface area contributed by atoms with E-state index in [1.807, 2.05) is 39.8 Å². The minimum Gasteiger partial charge on any atom is -0.496 e. The topological polar surface area (TPSA) is 47.6 Å². The lowest BCUT2D eigenvalue weighted by Crippen LogP contribution is -2.35. The van der Waals surface area contributed by atoms with Crippen molar-refractivity contribution in [1.29, 1.82) is 0 Å². The van der Waals surface area contributed by atoms with Gasteiger partial charge in [0.05, 0.1) is 14.2 Å². The van der Waals surface area contributed by atoms with Crippen molar-refractivity contribution >= 4 is 5.91 Å². The summed E-state index contributed by atoms with van der Waals surface area (Å²) in [6.45, 7) is 8.27. The van der Waals surface area contributed by atoms with E-state index >= 15 is 0 Å². The molecule has 1 amide bonds. The van der Waals surface area contributed by atoms with Gasteiger partial charge in [-0.2, -0.15) is 0 Å². The van der Waals surface area contributed by atoms with Gasteiger partial charge in [-0.15, -0.1) is 0 Å². The molecule has 112 valence electrons. The number of hydrogen-bond donors (Lipinski definition) is 1. The molecule has 0 saturated heterocycles. The van der Waals surface area contributed by atoms with E-state index in [-0.39, 0.29) is 11.3 Å². The number of carbonyl (C=O) groups is 1. The van der Waals surface area contributed by atoms with Crippen LogP contribution in [0.5, 0.6) is 11.5 Å². The smallest absolute Gasteiger partial charge is 0.225 e. The number of ether oxygens (including phenoxy) is 2. The lowest BCUT2D eigenvalue weighted by atomic mass is 9.95. The maximum atomic E-state index is 11.8. The Kier molecular flexibility index (Phi) is 5.43. The molecule has 0 saturated carbocycles. The van der Waals surface area contributed by atoms with Gasteiger partial charge in [-0.1, -0.05) is 26.8 Å². The number of rotatable bonds is 5. The summed E-state index contributed by atoms with van der Waals surface area (Å²) in [5.41, 5.74) is 1.69. The van der Waals surface area contributed by atoms with Gasteiger partial charge in [0.1, 0.15) is 11.5 Å². The average molecular weight is 279 g/mol. The molecule has 0 heterocycles. The highest BCUT2D eigenvalue weighted by Crippen LogP contribution is 2.31.